The lowest BCUT2D eigenvalue weighted by Gasteiger charge is -2.38. The summed E-state index contributed by atoms with van der Waals surface area (Å²) in [4.78, 5) is 62.6. The number of hydrogen-bond acceptors (Lipinski definition) is 7. The number of aliphatic carboxylic acids is 1. The van der Waals surface area contributed by atoms with E-state index in [1.807, 2.05) is 0 Å². The number of methoxy groups -OCH3 is 1. The van der Waals surface area contributed by atoms with E-state index in [4.69, 9.17) is 33.0 Å². The highest BCUT2D eigenvalue weighted by Gasteiger charge is 2.38. The zero-order valence-electron chi connectivity index (χ0n) is 19.5. The standard InChI is InChI=1S/C22H28Cl2N4O7/c1-11(2)18(27-20(32)12-6-14(23)19(35-3)15(24)7-12)22(34)28-5-4-25-9-16(28)21(33)26-13(10-29)8-17(30)31/h6-7,10-11,13,16,18,25H,4-5,8-9H2,1-3H3,(H,26,33)(H,27,32)(H,30,31)/t13-,16-,18-/m0/s1. The lowest BCUT2D eigenvalue weighted by Crippen LogP contribution is -2.64. The van der Waals surface area contributed by atoms with Crippen molar-refractivity contribution >= 4 is 53.2 Å². The van der Waals surface area contributed by atoms with Crippen LogP contribution >= 0.6 is 23.2 Å². The van der Waals surface area contributed by atoms with Crippen LogP contribution in [0.4, 0.5) is 0 Å². The van der Waals surface area contributed by atoms with Crippen LogP contribution in [0.15, 0.2) is 12.1 Å². The number of rotatable bonds is 10. The fourth-order valence-corrected chi connectivity index (χ4v) is 4.25. The number of nitrogens with one attached hydrogen (secondary N) is 3. The first-order chi connectivity index (χ1) is 16.5. The van der Waals surface area contributed by atoms with Gasteiger partial charge in [-0.05, 0) is 18.1 Å². The van der Waals surface area contributed by atoms with Crippen LogP contribution < -0.4 is 20.7 Å². The Bertz CT molecular complexity index is 966. The smallest absolute Gasteiger partial charge is 0.305 e. The van der Waals surface area contributed by atoms with Gasteiger partial charge < -0.3 is 35.5 Å². The maximum absolute atomic E-state index is 13.5. The molecule has 4 N–H and O–H groups in total. The summed E-state index contributed by atoms with van der Waals surface area (Å²) in [5.74, 6) is -3.15. The van der Waals surface area contributed by atoms with Crippen LogP contribution in [0.1, 0.15) is 30.6 Å². The normalized spacial score (nSPS) is 17.3. The van der Waals surface area contributed by atoms with Gasteiger partial charge in [0.15, 0.2) is 5.75 Å². The molecule has 0 aliphatic carbocycles. The summed E-state index contributed by atoms with van der Waals surface area (Å²) in [6.45, 7) is 4.15. The molecule has 3 atom stereocenters. The fourth-order valence-electron chi connectivity index (χ4n) is 3.61. The number of amides is 3. The van der Waals surface area contributed by atoms with E-state index in [0.717, 1.165) is 0 Å². The van der Waals surface area contributed by atoms with Crippen LogP contribution in [0.25, 0.3) is 0 Å². The van der Waals surface area contributed by atoms with Gasteiger partial charge in [-0.15, -0.1) is 0 Å². The second-order valence-corrected chi connectivity index (χ2v) is 9.08. The molecule has 0 unspecified atom stereocenters. The van der Waals surface area contributed by atoms with Gasteiger partial charge in [-0.25, -0.2) is 0 Å². The molecular formula is C22H28Cl2N4O7. The van der Waals surface area contributed by atoms with Crippen LogP contribution in [0, 0.1) is 5.92 Å². The average molecular weight is 531 g/mol. The minimum Gasteiger partial charge on any atom is -0.494 e. The Morgan fingerprint density at radius 3 is 2.37 bits per heavy atom. The van der Waals surface area contributed by atoms with Gasteiger partial charge in [0.2, 0.25) is 11.8 Å². The fraction of sp³-hybridized carbons (Fsp3) is 0.500. The summed E-state index contributed by atoms with van der Waals surface area (Å²) in [5.41, 5.74) is 0.122. The maximum atomic E-state index is 13.5. The van der Waals surface area contributed by atoms with Crippen LogP contribution in [0.2, 0.25) is 10.0 Å². The van der Waals surface area contributed by atoms with Crippen molar-refractivity contribution in [1.82, 2.24) is 20.9 Å². The molecule has 0 saturated carbocycles. The molecule has 1 aliphatic rings. The van der Waals surface area contributed by atoms with E-state index in [-0.39, 0.29) is 40.4 Å². The number of carboxylic acid groups (broad SMARTS) is 1. The first-order valence-corrected chi connectivity index (χ1v) is 11.6. The summed E-state index contributed by atoms with van der Waals surface area (Å²) in [5, 5.41) is 17.2. The number of carboxylic acids is 1. The van der Waals surface area contributed by atoms with E-state index >= 15 is 0 Å². The first kappa shape index (κ1) is 28.3. The van der Waals surface area contributed by atoms with Crippen LogP contribution in [0.3, 0.4) is 0 Å². The number of carbonyl (C=O) groups excluding carboxylic acids is 4. The highest BCUT2D eigenvalue weighted by molar-refractivity contribution is 6.37. The number of benzene rings is 1. The molecule has 0 spiro atoms. The number of aldehydes is 1. The molecule has 13 heteroatoms. The van der Waals surface area contributed by atoms with Gasteiger partial charge in [0.25, 0.3) is 5.91 Å². The van der Waals surface area contributed by atoms with Crippen molar-refractivity contribution < 1.29 is 33.8 Å². The second kappa shape index (κ2) is 12.7. The van der Waals surface area contributed by atoms with Gasteiger partial charge in [-0.3, -0.25) is 19.2 Å². The minimum atomic E-state index is -1.25. The Hall–Kier alpha value is -2.89. The molecule has 11 nitrogen and oxygen atoms in total. The number of piperazine rings is 1. The topological polar surface area (TPSA) is 154 Å². The third-order valence-electron chi connectivity index (χ3n) is 5.40. The van der Waals surface area contributed by atoms with Crippen molar-refractivity contribution in [2.24, 2.45) is 5.92 Å². The Morgan fingerprint density at radius 1 is 1.23 bits per heavy atom. The van der Waals surface area contributed by atoms with E-state index in [1.165, 1.54) is 24.1 Å². The molecule has 1 fully saturated rings. The number of carbonyl (C=O) groups is 5. The van der Waals surface area contributed by atoms with E-state index in [0.29, 0.717) is 12.8 Å². The zero-order chi connectivity index (χ0) is 26.3. The van der Waals surface area contributed by atoms with E-state index in [1.54, 1.807) is 13.8 Å². The number of halogens is 2. The van der Waals surface area contributed by atoms with Gasteiger partial charge >= 0.3 is 5.97 Å². The van der Waals surface area contributed by atoms with Gasteiger partial charge in [0.1, 0.15) is 18.4 Å². The quantitative estimate of drug-likeness (QED) is 0.322. The molecular weight excluding hydrogens is 503 g/mol. The molecule has 2 rings (SSSR count). The maximum Gasteiger partial charge on any atom is 0.305 e. The molecule has 0 aromatic heterocycles. The third-order valence-corrected chi connectivity index (χ3v) is 5.96. The van der Waals surface area contributed by atoms with E-state index < -0.39 is 48.2 Å². The Labute approximate surface area is 212 Å². The summed E-state index contributed by atoms with van der Waals surface area (Å²) >= 11 is 12.2. The van der Waals surface area contributed by atoms with Gasteiger partial charge in [-0.1, -0.05) is 37.0 Å². The molecule has 0 radical (unpaired) electrons. The van der Waals surface area contributed by atoms with E-state index in [2.05, 4.69) is 16.0 Å². The van der Waals surface area contributed by atoms with Crippen molar-refractivity contribution in [1.29, 1.82) is 0 Å². The molecule has 35 heavy (non-hydrogen) atoms. The summed E-state index contributed by atoms with van der Waals surface area (Å²) in [6.07, 6.45) is -0.252. The van der Waals surface area contributed by atoms with Crippen molar-refractivity contribution in [2.45, 2.75) is 38.4 Å². The van der Waals surface area contributed by atoms with E-state index in [9.17, 15) is 24.0 Å². The predicted molar refractivity (Wildman–Crippen MR) is 128 cm³/mol. The first-order valence-electron chi connectivity index (χ1n) is 10.8. The number of hydrogen-bond donors (Lipinski definition) is 4. The predicted octanol–water partition coefficient (Wildman–Crippen LogP) is 0.715. The van der Waals surface area contributed by atoms with Crippen LogP contribution in [-0.4, -0.2) is 84.9 Å². The second-order valence-electron chi connectivity index (χ2n) is 8.27. The largest absolute Gasteiger partial charge is 0.494 e. The summed E-state index contributed by atoms with van der Waals surface area (Å²) in [7, 11) is 1.39. The Morgan fingerprint density at radius 2 is 1.86 bits per heavy atom. The molecule has 1 aromatic rings. The van der Waals surface area contributed by atoms with Gasteiger partial charge in [-0.2, -0.15) is 0 Å². The molecule has 3 amide bonds. The monoisotopic (exact) mass is 530 g/mol. The van der Waals surface area contributed by atoms with Crippen molar-refractivity contribution in [3.05, 3.63) is 27.7 Å². The summed E-state index contributed by atoms with van der Waals surface area (Å²) < 4.78 is 5.08. The molecule has 1 aliphatic heterocycles. The third kappa shape index (κ3) is 7.30. The SMILES string of the molecule is COc1c(Cl)cc(C(=O)N[C@H](C(=O)N2CCNC[C@H]2C(=O)N[C@H](C=O)CC(=O)O)C(C)C)cc1Cl. The lowest BCUT2D eigenvalue weighted by atomic mass is 10.00. The summed E-state index contributed by atoms with van der Waals surface area (Å²) in [6, 6.07) is -0.491. The highest BCUT2D eigenvalue weighted by atomic mass is 35.5. The Kier molecular flexibility index (Phi) is 10.3. The molecule has 0 bridgehead atoms. The van der Waals surface area contributed by atoms with Crippen molar-refractivity contribution in [3.8, 4) is 5.75 Å². The van der Waals surface area contributed by atoms with Crippen LogP contribution in [-0.2, 0) is 19.2 Å². The van der Waals surface area contributed by atoms with Gasteiger partial charge in [0, 0.05) is 25.2 Å². The Balaban J connectivity index is 2.22. The van der Waals surface area contributed by atoms with Gasteiger partial charge in [0.05, 0.1) is 29.6 Å². The highest BCUT2D eigenvalue weighted by Crippen LogP contribution is 2.33. The minimum absolute atomic E-state index is 0.0959. The zero-order valence-corrected chi connectivity index (χ0v) is 21.0. The van der Waals surface area contributed by atoms with Crippen molar-refractivity contribution in [2.75, 3.05) is 26.7 Å². The molecule has 1 heterocycles. The molecule has 192 valence electrons. The number of nitrogens with zero attached hydrogens (tertiary/aromatic N) is 1. The molecule has 1 aromatic carbocycles. The van der Waals surface area contributed by atoms with Crippen LogP contribution in [0.5, 0.6) is 5.75 Å². The average Bonchev–Trinajstić information content (AvgIpc) is 2.80. The molecule has 1 saturated heterocycles. The number of ether oxygens (including phenoxy) is 1. The lowest BCUT2D eigenvalue weighted by molar-refractivity contribution is -0.145. The van der Waals surface area contributed by atoms with Crippen molar-refractivity contribution in [3.63, 3.8) is 0 Å².